The van der Waals surface area contributed by atoms with Gasteiger partial charge in [-0.25, -0.2) is 0 Å². The Bertz CT molecular complexity index is 733. The SMILES string of the molecule is CN(Cc1csc2ccccc12)C(=O)CCc1cn[nH]c1. The van der Waals surface area contributed by atoms with Gasteiger partial charge in [-0.05, 0) is 34.4 Å². The number of hydrogen-bond acceptors (Lipinski definition) is 3. The molecule has 1 aromatic carbocycles. The van der Waals surface area contributed by atoms with Crippen molar-refractivity contribution in [3.8, 4) is 0 Å². The monoisotopic (exact) mass is 299 g/mol. The molecule has 0 fully saturated rings. The summed E-state index contributed by atoms with van der Waals surface area (Å²) in [6.45, 7) is 0.661. The van der Waals surface area contributed by atoms with E-state index in [9.17, 15) is 4.79 Å². The highest BCUT2D eigenvalue weighted by molar-refractivity contribution is 7.17. The number of nitrogens with zero attached hydrogens (tertiary/aromatic N) is 2. The third kappa shape index (κ3) is 3.13. The third-order valence-corrected chi connectivity index (χ3v) is 4.59. The van der Waals surface area contributed by atoms with E-state index in [1.807, 2.05) is 25.4 Å². The molecule has 108 valence electrons. The zero-order chi connectivity index (χ0) is 14.7. The maximum atomic E-state index is 12.2. The molecular formula is C16H17N3OS. The number of aryl methyl sites for hydroxylation is 1. The summed E-state index contributed by atoms with van der Waals surface area (Å²) in [5.74, 6) is 0.159. The summed E-state index contributed by atoms with van der Waals surface area (Å²) in [5.41, 5.74) is 2.28. The molecule has 1 amide bonds. The molecule has 0 saturated heterocycles. The van der Waals surface area contributed by atoms with Crippen LogP contribution in [0.1, 0.15) is 17.5 Å². The number of fused-ring (bicyclic) bond motifs is 1. The summed E-state index contributed by atoms with van der Waals surface area (Å²) < 4.78 is 1.27. The van der Waals surface area contributed by atoms with Crippen LogP contribution in [0.4, 0.5) is 0 Å². The fourth-order valence-corrected chi connectivity index (χ4v) is 3.31. The number of hydrogen-bond donors (Lipinski definition) is 1. The molecule has 2 heterocycles. The number of carbonyl (C=O) groups excluding carboxylic acids is 1. The molecule has 0 atom stereocenters. The van der Waals surface area contributed by atoms with Gasteiger partial charge in [-0.2, -0.15) is 5.10 Å². The number of H-pyrrole nitrogens is 1. The number of thiophene rings is 1. The molecule has 3 aromatic rings. The van der Waals surface area contributed by atoms with Crippen LogP contribution >= 0.6 is 11.3 Å². The minimum absolute atomic E-state index is 0.159. The van der Waals surface area contributed by atoms with Crippen molar-refractivity contribution < 1.29 is 4.79 Å². The van der Waals surface area contributed by atoms with Crippen molar-refractivity contribution in [2.45, 2.75) is 19.4 Å². The van der Waals surface area contributed by atoms with Crippen LogP contribution in [0.5, 0.6) is 0 Å². The lowest BCUT2D eigenvalue weighted by Crippen LogP contribution is -2.26. The Hall–Kier alpha value is -2.14. The topological polar surface area (TPSA) is 49.0 Å². The van der Waals surface area contributed by atoms with Crippen molar-refractivity contribution in [1.82, 2.24) is 15.1 Å². The van der Waals surface area contributed by atoms with Crippen molar-refractivity contribution in [3.05, 3.63) is 53.2 Å². The van der Waals surface area contributed by atoms with E-state index in [-0.39, 0.29) is 5.91 Å². The van der Waals surface area contributed by atoms with Crippen molar-refractivity contribution in [2.24, 2.45) is 0 Å². The predicted octanol–water partition coefficient (Wildman–Crippen LogP) is 3.22. The first-order valence-electron chi connectivity index (χ1n) is 6.91. The lowest BCUT2D eigenvalue weighted by molar-refractivity contribution is -0.130. The van der Waals surface area contributed by atoms with Crippen molar-refractivity contribution in [3.63, 3.8) is 0 Å². The quantitative estimate of drug-likeness (QED) is 0.786. The summed E-state index contributed by atoms with van der Waals surface area (Å²) in [7, 11) is 1.87. The highest BCUT2D eigenvalue weighted by atomic mass is 32.1. The lowest BCUT2D eigenvalue weighted by Gasteiger charge is -2.16. The highest BCUT2D eigenvalue weighted by Gasteiger charge is 2.12. The second-order valence-electron chi connectivity index (χ2n) is 5.11. The number of carbonyl (C=O) groups is 1. The number of aromatic nitrogens is 2. The van der Waals surface area contributed by atoms with Gasteiger partial charge in [0.25, 0.3) is 0 Å². The van der Waals surface area contributed by atoms with Crippen LogP contribution in [0.2, 0.25) is 0 Å². The molecule has 0 saturated carbocycles. The van der Waals surface area contributed by atoms with Crippen LogP contribution in [0, 0.1) is 0 Å². The standard InChI is InChI=1S/C16H17N3OS/c1-19(16(20)7-6-12-8-17-18-9-12)10-13-11-21-15-5-3-2-4-14(13)15/h2-5,8-9,11H,6-7,10H2,1H3,(H,17,18). The normalized spacial score (nSPS) is 10.9. The second-order valence-corrected chi connectivity index (χ2v) is 6.02. The van der Waals surface area contributed by atoms with E-state index in [2.05, 4.69) is 27.7 Å². The molecule has 5 heteroatoms. The van der Waals surface area contributed by atoms with E-state index in [4.69, 9.17) is 0 Å². The van der Waals surface area contributed by atoms with Gasteiger partial charge in [0.05, 0.1) is 6.20 Å². The van der Waals surface area contributed by atoms with Gasteiger partial charge in [-0.1, -0.05) is 18.2 Å². The van der Waals surface area contributed by atoms with Gasteiger partial charge in [0.15, 0.2) is 0 Å². The van der Waals surface area contributed by atoms with Gasteiger partial charge in [-0.15, -0.1) is 11.3 Å². The molecule has 0 unspecified atom stereocenters. The third-order valence-electron chi connectivity index (χ3n) is 3.58. The Balaban J connectivity index is 1.62. The van der Waals surface area contributed by atoms with Crippen LogP contribution in [-0.4, -0.2) is 28.1 Å². The Kier molecular flexibility index (Phi) is 4.01. The minimum atomic E-state index is 0.159. The second kappa shape index (κ2) is 6.10. The van der Waals surface area contributed by atoms with E-state index in [1.54, 1.807) is 22.4 Å². The summed E-state index contributed by atoms with van der Waals surface area (Å²) >= 11 is 1.73. The van der Waals surface area contributed by atoms with Gasteiger partial charge >= 0.3 is 0 Å². The fourth-order valence-electron chi connectivity index (χ4n) is 2.36. The van der Waals surface area contributed by atoms with E-state index < -0.39 is 0 Å². The Labute approximate surface area is 127 Å². The van der Waals surface area contributed by atoms with Crippen molar-refractivity contribution in [2.75, 3.05) is 7.05 Å². The molecule has 0 radical (unpaired) electrons. The van der Waals surface area contributed by atoms with Gasteiger partial charge < -0.3 is 4.90 Å². The Morgan fingerprint density at radius 1 is 1.38 bits per heavy atom. The van der Waals surface area contributed by atoms with Crippen molar-refractivity contribution >= 4 is 27.3 Å². The summed E-state index contributed by atoms with van der Waals surface area (Å²) in [6.07, 6.45) is 4.83. The number of rotatable bonds is 5. The Morgan fingerprint density at radius 2 is 2.24 bits per heavy atom. The fraction of sp³-hybridized carbons (Fsp3) is 0.250. The molecule has 0 aliphatic rings. The van der Waals surface area contributed by atoms with Crippen LogP contribution in [0.3, 0.4) is 0 Å². The smallest absolute Gasteiger partial charge is 0.222 e. The van der Waals surface area contributed by atoms with Gasteiger partial charge in [0.1, 0.15) is 0 Å². The zero-order valence-electron chi connectivity index (χ0n) is 11.9. The van der Waals surface area contributed by atoms with E-state index in [0.29, 0.717) is 13.0 Å². The Morgan fingerprint density at radius 3 is 3.05 bits per heavy atom. The van der Waals surface area contributed by atoms with Crippen LogP contribution in [0.25, 0.3) is 10.1 Å². The van der Waals surface area contributed by atoms with Gasteiger partial charge in [0, 0.05) is 30.9 Å². The molecular weight excluding hydrogens is 282 g/mol. The summed E-state index contributed by atoms with van der Waals surface area (Å²) in [5, 5.41) is 10.0. The molecule has 0 aliphatic heterocycles. The first kappa shape index (κ1) is 13.8. The largest absolute Gasteiger partial charge is 0.341 e. The van der Waals surface area contributed by atoms with E-state index in [1.165, 1.54) is 15.6 Å². The molecule has 4 nitrogen and oxygen atoms in total. The van der Waals surface area contributed by atoms with Crippen LogP contribution < -0.4 is 0 Å². The first-order chi connectivity index (χ1) is 10.2. The maximum absolute atomic E-state index is 12.2. The molecule has 0 spiro atoms. The van der Waals surface area contributed by atoms with E-state index >= 15 is 0 Å². The van der Waals surface area contributed by atoms with Crippen LogP contribution in [-0.2, 0) is 17.8 Å². The lowest BCUT2D eigenvalue weighted by atomic mass is 10.1. The highest BCUT2D eigenvalue weighted by Crippen LogP contribution is 2.26. The van der Waals surface area contributed by atoms with E-state index in [0.717, 1.165) is 12.0 Å². The number of benzene rings is 1. The molecule has 3 rings (SSSR count). The van der Waals surface area contributed by atoms with Gasteiger partial charge in [-0.3, -0.25) is 9.89 Å². The minimum Gasteiger partial charge on any atom is -0.341 e. The first-order valence-corrected chi connectivity index (χ1v) is 7.79. The maximum Gasteiger partial charge on any atom is 0.222 e. The molecule has 0 bridgehead atoms. The predicted molar refractivity (Wildman–Crippen MR) is 85.2 cm³/mol. The summed E-state index contributed by atoms with van der Waals surface area (Å²) in [4.78, 5) is 14.0. The van der Waals surface area contributed by atoms with Crippen molar-refractivity contribution in [1.29, 1.82) is 0 Å². The summed E-state index contributed by atoms with van der Waals surface area (Å²) in [6, 6.07) is 8.32. The molecule has 21 heavy (non-hydrogen) atoms. The van der Waals surface area contributed by atoms with Crippen LogP contribution in [0.15, 0.2) is 42.0 Å². The van der Waals surface area contributed by atoms with Gasteiger partial charge in [0.2, 0.25) is 5.91 Å². The molecule has 2 aromatic heterocycles. The average molecular weight is 299 g/mol. The molecule has 0 aliphatic carbocycles. The number of nitrogens with one attached hydrogen (secondary N) is 1. The number of amides is 1. The average Bonchev–Trinajstić information content (AvgIpc) is 3.15. The zero-order valence-corrected chi connectivity index (χ0v) is 12.7. The molecule has 1 N–H and O–H groups in total. The number of aromatic amines is 1.